The zero-order valence-corrected chi connectivity index (χ0v) is 8.25. The second-order valence-electron chi connectivity index (χ2n) is 3.02. The van der Waals surface area contributed by atoms with Crippen molar-refractivity contribution in [2.24, 2.45) is 0 Å². The van der Waals surface area contributed by atoms with Crippen LogP contribution in [-0.2, 0) is 0 Å². The Morgan fingerprint density at radius 1 is 1.60 bits per heavy atom. The van der Waals surface area contributed by atoms with Gasteiger partial charge in [-0.3, -0.25) is 9.59 Å². The van der Waals surface area contributed by atoms with Crippen molar-refractivity contribution in [2.45, 2.75) is 6.92 Å². The highest BCUT2D eigenvalue weighted by Crippen LogP contribution is 2.19. The molecule has 0 bridgehead atoms. The molecule has 2 N–H and O–H groups in total. The van der Waals surface area contributed by atoms with E-state index in [1.165, 1.54) is 13.4 Å². The maximum Gasteiger partial charge on any atom is 0.262 e. The average molecular weight is 207 g/mol. The van der Waals surface area contributed by atoms with Crippen LogP contribution >= 0.6 is 0 Å². The molecule has 0 spiro atoms. The molecule has 2 rings (SSSR count). The molecule has 0 saturated carbocycles. The highest BCUT2D eigenvalue weighted by atomic mass is 16.3. The van der Waals surface area contributed by atoms with Crippen LogP contribution < -0.4 is 10.9 Å². The summed E-state index contributed by atoms with van der Waals surface area (Å²) in [5, 5.41) is 2.64. The Balaban J connectivity index is 2.89. The number of aromatic amines is 1. The van der Waals surface area contributed by atoms with E-state index in [-0.39, 0.29) is 28.1 Å². The van der Waals surface area contributed by atoms with Crippen LogP contribution in [0.3, 0.4) is 0 Å². The summed E-state index contributed by atoms with van der Waals surface area (Å²) in [6.45, 7) is 1.62. The Bertz CT molecular complexity index is 582. The number of furan rings is 1. The van der Waals surface area contributed by atoms with Gasteiger partial charge in [0, 0.05) is 7.05 Å². The monoisotopic (exact) mass is 207 g/mol. The molecule has 0 aliphatic rings. The predicted octanol–water partition coefficient (Wildman–Crippen LogP) is 0.184. The van der Waals surface area contributed by atoms with Crippen molar-refractivity contribution in [3.63, 3.8) is 0 Å². The number of nitrogens with one attached hydrogen (secondary N) is 2. The Morgan fingerprint density at radius 2 is 2.33 bits per heavy atom. The number of fused-ring (bicyclic) bond motifs is 1. The van der Waals surface area contributed by atoms with Crippen LogP contribution in [0, 0.1) is 6.92 Å². The largest absolute Gasteiger partial charge is 0.442 e. The molecule has 15 heavy (non-hydrogen) atoms. The van der Waals surface area contributed by atoms with Gasteiger partial charge in [0.25, 0.3) is 11.5 Å². The molecule has 0 radical (unpaired) electrons. The van der Waals surface area contributed by atoms with Crippen LogP contribution in [0.4, 0.5) is 0 Å². The summed E-state index contributed by atoms with van der Waals surface area (Å²) < 4.78 is 5.21. The molecule has 2 aromatic heterocycles. The average Bonchev–Trinajstić information content (AvgIpc) is 2.55. The first-order valence-electron chi connectivity index (χ1n) is 4.34. The zero-order valence-electron chi connectivity index (χ0n) is 8.25. The van der Waals surface area contributed by atoms with E-state index in [9.17, 15) is 9.59 Å². The fourth-order valence-corrected chi connectivity index (χ4v) is 1.45. The van der Waals surface area contributed by atoms with Crippen LogP contribution in [0.5, 0.6) is 0 Å². The van der Waals surface area contributed by atoms with E-state index in [0.717, 1.165) is 0 Å². The quantitative estimate of drug-likeness (QED) is 0.698. The maximum atomic E-state index is 11.5. The van der Waals surface area contributed by atoms with Crippen molar-refractivity contribution >= 4 is 17.0 Å². The van der Waals surface area contributed by atoms with Gasteiger partial charge in [-0.2, -0.15) is 0 Å². The molecule has 0 saturated heterocycles. The summed E-state index contributed by atoms with van der Waals surface area (Å²) in [6, 6.07) is 0. The highest BCUT2D eigenvalue weighted by Gasteiger charge is 2.20. The van der Waals surface area contributed by atoms with Gasteiger partial charge < -0.3 is 14.7 Å². The van der Waals surface area contributed by atoms with E-state index in [2.05, 4.69) is 15.3 Å². The molecule has 0 fully saturated rings. The minimum atomic E-state index is -0.379. The smallest absolute Gasteiger partial charge is 0.262 e. The molecule has 1 amide bonds. The van der Waals surface area contributed by atoms with E-state index in [1.807, 2.05) is 0 Å². The van der Waals surface area contributed by atoms with E-state index in [4.69, 9.17) is 4.42 Å². The first-order valence-corrected chi connectivity index (χ1v) is 4.34. The molecular weight excluding hydrogens is 198 g/mol. The summed E-state index contributed by atoms with van der Waals surface area (Å²) in [6.07, 6.45) is 1.24. The van der Waals surface area contributed by atoms with Crippen molar-refractivity contribution in [1.29, 1.82) is 0 Å². The van der Waals surface area contributed by atoms with Gasteiger partial charge in [-0.1, -0.05) is 0 Å². The number of rotatable bonds is 1. The molecule has 78 valence electrons. The van der Waals surface area contributed by atoms with Crippen LogP contribution in [0.2, 0.25) is 0 Å². The van der Waals surface area contributed by atoms with Gasteiger partial charge in [0.15, 0.2) is 0 Å². The third-order valence-electron chi connectivity index (χ3n) is 2.12. The van der Waals surface area contributed by atoms with Crippen LogP contribution in [0.1, 0.15) is 16.1 Å². The molecule has 6 nitrogen and oxygen atoms in total. The zero-order chi connectivity index (χ0) is 11.0. The third kappa shape index (κ3) is 1.30. The summed E-state index contributed by atoms with van der Waals surface area (Å²) in [7, 11) is 1.49. The maximum absolute atomic E-state index is 11.5. The fraction of sp³-hybridized carbons (Fsp3) is 0.222. The number of carbonyl (C=O) groups is 1. The lowest BCUT2D eigenvalue weighted by molar-refractivity contribution is 0.0963. The number of hydrogen-bond acceptors (Lipinski definition) is 4. The Labute approximate surface area is 84.3 Å². The molecule has 0 aliphatic carbocycles. The topological polar surface area (TPSA) is 88.0 Å². The van der Waals surface area contributed by atoms with Crippen LogP contribution in [0.25, 0.3) is 11.1 Å². The molecular formula is C9H9N3O3. The third-order valence-corrected chi connectivity index (χ3v) is 2.12. The number of nitrogens with zero attached hydrogens (tertiary/aromatic N) is 1. The Hall–Kier alpha value is -2.11. The van der Waals surface area contributed by atoms with Crippen molar-refractivity contribution in [2.75, 3.05) is 7.05 Å². The first kappa shape index (κ1) is 9.45. The Morgan fingerprint density at radius 3 is 3.00 bits per heavy atom. The summed E-state index contributed by atoms with van der Waals surface area (Å²) in [4.78, 5) is 29.2. The van der Waals surface area contributed by atoms with Crippen molar-refractivity contribution in [1.82, 2.24) is 15.3 Å². The standard InChI is InChI=1S/C9H9N3O3/c1-4-5(7(13)10-2)6-8(14)11-3-12-9(6)15-4/h3H,1-2H3,(H,10,13)(H,11,12,14). The van der Waals surface area contributed by atoms with E-state index < -0.39 is 0 Å². The summed E-state index contributed by atoms with van der Waals surface area (Å²) in [5.41, 5.74) is 0.0344. The summed E-state index contributed by atoms with van der Waals surface area (Å²) in [5.74, 6) is 0.0262. The first-order chi connectivity index (χ1) is 7.15. The fourth-order valence-electron chi connectivity index (χ4n) is 1.45. The molecule has 2 heterocycles. The van der Waals surface area contributed by atoms with Gasteiger partial charge in [0.05, 0.1) is 11.9 Å². The second-order valence-corrected chi connectivity index (χ2v) is 3.02. The Kier molecular flexibility index (Phi) is 2.03. The SMILES string of the molecule is CNC(=O)c1c(C)oc2nc[nH]c(=O)c12. The summed E-state index contributed by atoms with van der Waals surface area (Å²) >= 11 is 0. The molecule has 0 atom stereocenters. The highest BCUT2D eigenvalue weighted by molar-refractivity contribution is 6.06. The lowest BCUT2D eigenvalue weighted by atomic mass is 10.2. The molecule has 0 aromatic carbocycles. The lowest BCUT2D eigenvalue weighted by Gasteiger charge is -1.95. The van der Waals surface area contributed by atoms with E-state index in [0.29, 0.717) is 5.76 Å². The normalized spacial score (nSPS) is 10.5. The van der Waals surface area contributed by atoms with Crippen molar-refractivity contribution in [3.05, 3.63) is 28.0 Å². The van der Waals surface area contributed by atoms with Gasteiger partial charge in [0.1, 0.15) is 11.1 Å². The number of amides is 1. The van der Waals surface area contributed by atoms with Crippen LogP contribution in [-0.4, -0.2) is 22.9 Å². The predicted molar refractivity (Wildman–Crippen MR) is 52.8 cm³/mol. The van der Waals surface area contributed by atoms with E-state index in [1.54, 1.807) is 6.92 Å². The van der Waals surface area contributed by atoms with Crippen LogP contribution in [0.15, 0.2) is 15.5 Å². The van der Waals surface area contributed by atoms with Crippen molar-refractivity contribution < 1.29 is 9.21 Å². The number of aryl methyl sites for hydroxylation is 1. The van der Waals surface area contributed by atoms with Gasteiger partial charge in [-0.15, -0.1) is 0 Å². The minimum Gasteiger partial charge on any atom is -0.442 e. The molecule has 6 heteroatoms. The van der Waals surface area contributed by atoms with E-state index >= 15 is 0 Å². The minimum absolute atomic E-state index is 0.176. The number of carbonyl (C=O) groups excluding carboxylic acids is 1. The number of hydrogen-bond donors (Lipinski definition) is 2. The van der Waals surface area contributed by atoms with Gasteiger partial charge in [0.2, 0.25) is 5.71 Å². The van der Waals surface area contributed by atoms with Gasteiger partial charge >= 0.3 is 0 Å². The molecule has 0 aliphatic heterocycles. The second kappa shape index (κ2) is 3.23. The molecule has 0 unspecified atom stereocenters. The van der Waals surface area contributed by atoms with Crippen molar-refractivity contribution in [3.8, 4) is 0 Å². The molecule has 2 aromatic rings. The number of aromatic nitrogens is 2. The van der Waals surface area contributed by atoms with Gasteiger partial charge in [-0.05, 0) is 6.92 Å². The van der Waals surface area contributed by atoms with Gasteiger partial charge in [-0.25, -0.2) is 4.98 Å². The number of H-pyrrole nitrogens is 1. The lowest BCUT2D eigenvalue weighted by Crippen LogP contribution is -2.20.